The van der Waals surface area contributed by atoms with E-state index in [2.05, 4.69) is 17.1 Å². The zero-order valence-corrected chi connectivity index (χ0v) is 27.1. The molecule has 5 aromatic rings. The molecule has 1 unspecified atom stereocenters. The first-order chi connectivity index (χ1) is 22.0. The summed E-state index contributed by atoms with van der Waals surface area (Å²) in [5.41, 5.74) is 4.34. The van der Waals surface area contributed by atoms with Crippen molar-refractivity contribution in [3.05, 3.63) is 92.1 Å². The second-order valence-electron chi connectivity index (χ2n) is 12.9. The number of hydrogen-bond donors (Lipinski definition) is 2. The van der Waals surface area contributed by atoms with Gasteiger partial charge in [-0.3, -0.25) is 18.9 Å². The van der Waals surface area contributed by atoms with Crippen LogP contribution in [-0.2, 0) is 17.6 Å². The Kier molecular flexibility index (Phi) is 11.2. The van der Waals surface area contributed by atoms with Crippen molar-refractivity contribution in [1.82, 2.24) is 29.3 Å². The van der Waals surface area contributed by atoms with E-state index in [4.69, 9.17) is 19.3 Å². The number of aliphatic hydroxyl groups is 1. The molecule has 1 saturated carbocycles. The van der Waals surface area contributed by atoms with Crippen molar-refractivity contribution in [3.8, 4) is 22.5 Å². The van der Waals surface area contributed by atoms with Crippen molar-refractivity contribution in [2.24, 2.45) is 0 Å². The van der Waals surface area contributed by atoms with Gasteiger partial charge in [0.2, 0.25) is 5.78 Å². The minimum absolute atomic E-state index is 0. The van der Waals surface area contributed by atoms with Gasteiger partial charge in [0.25, 0.3) is 5.56 Å². The number of aryl methyl sites for hydroxylation is 2. The van der Waals surface area contributed by atoms with Crippen molar-refractivity contribution in [3.63, 3.8) is 0 Å². The fourth-order valence-electron chi connectivity index (χ4n) is 6.42. The minimum atomic E-state index is -0.915. The molecule has 1 atom stereocenters. The van der Waals surface area contributed by atoms with Crippen molar-refractivity contribution >= 4 is 57.2 Å². The summed E-state index contributed by atoms with van der Waals surface area (Å²) in [4.78, 5) is 33.4. The van der Waals surface area contributed by atoms with Crippen LogP contribution in [0.1, 0.15) is 88.5 Å². The summed E-state index contributed by atoms with van der Waals surface area (Å²) in [7, 11) is 0. The van der Waals surface area contributed by atoms with Gasteiger partial charge in [-0.2, -0.15) is 10.1 Å². The second-order valence-corrected chi connectivity index (χ2v) is 12.9. The summed E-state index contributed by atoms with van der Waals surface area (Å²) < 4.78 is 14.7. The molecule has 12 heteroatoms. The molecule has 0 saturated heterocycles. The quantitative estimate of drug-likeness (QED) is 0.203. The predicted molar refractivity (Wildman–Crippen MR) is 182 cm³/mol. The fraction of sp³-hybridized carbons (Fsp3) is 0.457. The zero-order valence-electron chi connectivity index (χ0n) is 27.1. The number of aromatic nitrogens is 6. The molecule has 0 radical (unpaired) electrons. The van der Waals surface area contributed by atoms with Crippen LogP contribution >= 0.6 is 0 Å². The molecule has 3 heterocycles. The Bertz CT molecular complexity index is 1940. The summed E-state index contributed by atoms with van der Waals surface area (Å²) in [6.45, 7) is 9.41. The second kappa shape index (κ2) is 14.8. The standard InChI is InChI=1S/C35H42N6O5.K.H/c1-6-9-30-29(20-23-12-14-24(15-13-23)27-10-7-8-11-28(27)31-37-34(43)46-39-31)32(42)40(33-36-22(3)38-41(30)33)25-16-18-26(19-17-25)45-21(2)35(4,5)44;;/h7-8,10-15,21,25-26,44H,6,9,16-20H2,1-5H3,(H,37,39,43);;. The summed E-state index contributed by atoms with van der Waals surface area (Å²) in [5, 5.41) is 19.0. The van der Waals surface area contributed by atoms with Crippen molar-refractivity contribution in [2.45, 2.75) is 103 Å². The number of nitrogens with one attached hydrogen (secondary N) is 1. The van der Waals surface area contributed by atoms with Crippen LogP contribution in [0.4, 0.5) is 0 Å². The molecule has 1 aliphatic carbocycles. The zero-order chi connectivity index (χ0) is 32.6. The Morgan fingerprint density at radius 3 is 2.36 bits per heavy atom. The first-order valence-corrected chi connectivity index (χ1v) is 16.2. The SMILES string of the molecule is CCCc1c(Cc2ccc(-c3ccccc3-c3noc(=O)[nH]3)cc2)c(=O)n(C2CCC(OC(C)C(C)(C)O)CC2)c2nc(C)nn12.[KH]. The maximum atomic E-state index is 14.4. The topological polar surface area (TPSA) is 141 Å². The monoisotopic (exact) mass is 666 g/mol. The number of H-pyrrole nitrogens is 1. The summed E-state index contributed by atoms with van der Waals surface area (Å²) in [5.74, 6) is 1.00. The van der Waals surface area contributed by atoms with E-state index in [1.165, 1.54) is 0 Å². The van der Waals surface area contributed by atoms with Crippen LogP contribution in [0, 0.1) is 6.92 Å². The van der Waals surface area contributed by atoms with Gasteiger partial charge in [-0.25, -0.2) is 9.31 Å². The molecular weight excluding hydrogens is 624 g/mol. The van der Waals surface area contributed by atoms with E-state index >= 15 is 0 Å². The van der Waals surface area contributed by atoms with Crippen LogP contribution in [0.5, 0.6) is 0 Å². The summed E-state index contributed by atoms with van der Waals surface area (Å²) >= 11 is 0. The van der Waals surface area contributed by atoms with E-state index in [0.717, 1.165) is 65.6 Å². The van der Waals surface area contributed by atoms with E-state index < -0.39 is 11.4 Å². The molecule has 6 rings (SSSR count). The molecule has 0 aliphatic heterocycles. The Morgan fingerprint density at radius 1 is 1.06 bits per heavy atom. The molecular formula is C35H43KN6O5. The average Bonchev–Trinajstić information content (AvgIpc) is 3.64. The maximum absolute atomic E-state index is 14.4. The van der Waals surface area contributed by atoms with E-state index in [1.807, 2.05) is 71.5 Å². The molecule has 11 nitrogen and oxygen atoms in total. The van der Waals surface area contributed by atoms with Gasteiger partial charge in [0.1, 0.15) is 5.82 Å². The molecule has 3 aromatic heterocycles. The number of ether oxygens (including phenoxy) is 1. The van der Waals surface area contributed by atoms with Crippen molar-refractivity contribution in [1.29, 1.82) is 0 Å². The van der Waals surface area contributed by atoms with Crippen molar-refractivity contribution in [2.75, 3.05) is 0 Å². The van der Waals surface area contributed by atoms with Gasteiger partial charge in [0.15, 0.2) is 5.82 Å². The van der Waals surface area contributed by atoms with Crippen molar-refractivity contribution < 1.29 is 14.4 Å². The van der Waals surface area contributed by atoms with Crippen LogP contribution in [0.3, 0.4) is 0 Å². The third-order valence-electron chi connectivity index (χ3n) is 9.15. The first kappa shape index (κ1) is 35.6. The van der Waals surface area contributed by atoms with Gasteiger partial charge in [-0.1, -0.05) is 67.0 Å². The van der Waals surface area contributed by atoms with E-state index in [9.17, 15) is 14.7 Å². The first-order valence-electron chi connectivity index (χ1n) is 16.2. The number of benzene rings is 2. The Morgan fingerprint density at radius 2 is 1.74 bits per heavy atom. The molecule has 0 amide bonds. The van der Waals surface area contributed by atoms with E-state index in [0.29, 0.717) is 30.3 Å². The number of rotatable bonds is 10. The Balaban J connectivity index is 0.00000433. The Labute approximate surface area is 316 Å². The van der Waals surface area contributed by atoms with Crippen LogP contribution in [0.15, 0.2) is 62.6 Å². The molecule has 0 spiro atoms. The van der Waals surface area contributed by atoms with Gasteiger partial charge in [0.05, 0.1) is 23.5 Å². The van der Waals surface area contributed by atoms with E-state index in [-0.39, 0.29) is 75.2 Å². The van der Waals surface area contributed by atoms with Gasteiger partial charge in [-0.05, 0) is 76.5 Å². The Hall–Kier alpha value is -2.71. The normalized spacial score (nSPS) is 17.5. The van der Waals surface area contributed by atoms with Gasteiger partial charge in [-0.15, -0.1) is 0 Å². The summed E-state index contributed by atoms with van der Waals surface area (Å²) in [6, 6.07) is 15.8. The molecule has 244 valence electrons. The third-order valence-corrected chi connectivity index (χ3v) is 9.15. The molecule has 47 heavy (non-hydrogen) atoms. The number of hydrogen-bond acceptors (Lipinski definition) is 8. The predicted octanol–water partition coefficient (Wildman–Crippen LogP) is 4.76. The van der Waals surface area contributed by atoms with Gasteiger partial charge in [0, 0.05) is 23.6 Å². The third kappa shape index (κ3) is 7.64. The molecule has 1 aliphatic rings. The fourth-order valence-corrected chi connectivity index (χ4v) is 6.42. The van der Waals surface area contributed by atoms with Gasteiger partial charge < -0.3 is 9.84 Å². The number of aromatic amines is 1. The number of fused-ring (bicyclic) bond motifs is 1. The molecule has 2 N–H and O–H groups in total. The molecule has 2 aromatic carbocycles. The van der Waals surface area contributed by atoms with Crippen LogP contribution in [-0.4, -0.2) is 104 Å². The van der Waals surface area contributed by atoms with Gasteiger partial charge >= 0.3 is 57.1 Å². The summed E-state index contributed by atoms with van der Waals surface area (Å²) in [6.07, 6.45) is 4.95. The molecule has 1 fully saturated rings. The number of nitrogens with zero attached hydrogens (tertiary/aromatic N) is 5. The molecule has 0 bridgehead atoms. The van der Waals surface area contributed by atoms with Crippen LogP contribution in [0.25, 0.3) is 28.3 Å². The average molecular weight is 667 g/mol. The van der Waals surface area contributed by atoms with Crippen LogP contribution in [0.2, 0.25) is 0 Å². The van der Waals surface area contributed by atoms with E-state index in [1.54, 1.807) is 13.8 Å². The van der Waals surface area contributed by atoms with Crippen LogP contribution < -0.4 is 11.3 Å².